The van der Waals surface area contributed by atoms with Crippen molar-refractivity contribution in [2.45, 2.75) is 32.9 Å². The molecule has 2 aromatic rings. The van der Waals surface area contributed by atoms with Crippen LogP contribution < -0.4 is 15.5 Å². The van der Waals surface area contributed by atoms with E-state index in [1.54, 1.807) is 0 Å². The van der Waals surface area contributed by atoms with E-state index in [0.29, 0.717) is 13.1 Å². The molecule has 27 heavy (non-hydrogen) atoms. The van der Waals surface area contributed by atoms with Gasteiger partial charge in [-0.1, -0.05) is 37.3 Å². The second kappa shape index (κ2) is 8.20. The number of amides is 2. The smallest absolute Gasteiger partial charge is 0.274 e. The van der Waals surface area contributed by atoms with E-state index in [4.69, 9.17) is 0 Å². The van der Waals surface area contributed by atoms with E-state index in [1.807, 2.05) is 51.2 Å². The molecule has 8 nitrogen and oxygen atoms in total. The van der Waals surface area contributed by atoms with Crippen molar-refractivity contribution in [1.82, 2.24) is 25.6 Å². The molecule has 3 rings (SSSR count). The summed E-state index contributed by atoms with van der Waals surface area (Å²) < 4.78 is 1.53. The minimum atomic E-state index is -0.364. The fourth-order valence-electron chi connectivity index (χ4n) is 3.08. The van der Waals surface area contributed by atoms with E-state index in [9.17, 15) is 9.59 Å². The van der Waals surface area contributed by atoms with Crippen LogP contribution >= 0.6 is 0 Å². The summed E-state index contributed by atoms with van der Waals surface area (Å²) in [4.78, 5) is 26.9. The molecular formula is C19H26N6O2. The van der Waals surface area contributed by atoms with Crippen molar-refractivity contribution >= 4 is 17.5 Å². The first-order valence-corrected chi connectivity index (χ1v) is 9.26. The van der Waals surface area contributed by atoms with Crippen LogP contribution in [0.4, 0.5) is 5.69 Å². The summed E-state index contributed by atoms with van der Waals surface area (Å²) in [5.74, 6) is -0.374. The number of nitrogens with zero attached hydrogens (tertiary/aromatic N) is 4. The molecule has 0 spiro atoms. The number of aromatic nitrogens is 3. The maximum atomic E-state index is 12.4. The van der Waals surface area contributed by atoms with E-state index in [1.165, 1.54) is 4.68 Å². The summed E-state index contributed by atoms with van der Waals surface area (Å²) in [5, 5.41) is 13.7. The summed E-state index contributed by atoms with van der Waals surface area (Å²) in [6, 6.07) is 10.1. The van der Waals surface area contributed by atoms with Crippen LogP contribution in [0.5, 0.6) is 0 Å². The molecule has 0 aliphatic carbocycles. The molecule has 0 saturated carbocycles. The summed E-state index contributed by atoms with van der Waals surface area (Å²) in [7, 11) is 2.02. The molecule has 2 N–H and O–H groups in total. The minimum absolute atomic E-state index is 0.00358. The van der Waals surface area contributed by atoms with E-state index >= 15 is 0 Å². The van der Waals surface area contributed by atoms with Gasteiger partial charge in [-0.3, -0.25) is 9.59 Å². The van der Waals surface area contributed by atoms with Gasteiger partial charge in [0.15, 0.2) is 11.4 Å². The first-order chi connectivity index (χ1) is 13.0. The van der Waals surface area contributed by atoms with Crippen molar-refractivity contribution < 1.29 is 9.59 Å². The van der Waals surface area contributed by atoms with Crippen LogP contribution in [0.3, 0.4) is 0 Å². The molecule has 1 unspecified atom stereocenters. The maximum absolute atomic E-state index is 12.4. The standard InChI is InChI=1S/C19H26N6O2/c1-13(2)15-12-25-17(19(27)21-15)16(22-23-25)18(26)20-10-7-11-24(3)14-8-5-4-6-9-14/h4-6,8-9,13,15H,7,10-12H2,1-3H3,(H,20,26)(H,21,27). The van der Waals surface area contributed by atoms with Gasteiger partial charge < -0.3 is 15.5 Å². The Morgan fingerprint density at radius 2 is 2.11 bits per heavy atom. The third kappa shape index (κ3) is 4.27. The molecule has 8 heteroatoms. The molecule has 1 aromatic heterocycles. The fourth-order valence-corrected chi connectivity index (χ4v) is 3.08. The van der Waals surface area contributed by atoms with Crippen molar-refractivity contribution in [3.63, 3.8) is 0 Å². The molecule has 2 heterocycles. The number of para-hydroxylation sites is 1. The van der Waals surface area contributed by atoms with Crippen molar-refractivity contribution in [1.29, 1.82) is 0 Å². The Balaban J connectivity index is 1.53. The van der Waals surface area contributed by atoms with Crippen LogP contribution in [0, 0.1) is 5.92 Å². The van der Waals surface area contributed by atoms with Gasteiger partial charge in [-0.15, -0.1) is 5.10 Å². The first kappa shape index (κ1) is 18.9. The van der Waals surface area contributed by atoms with Crippen LogP contribution in [0.2, 0.25) is 0 Å². The highest BCUT2D eigenvalue weighted by Gasteiger charge is 2.32. The van der Waals surface area contributed by atoms with Gasteiger partial charge in [-0.25, -0.2) is 4.68 Å². The normalized spacial score (nSPS) is 16.0. The lowest BCUT2D eigenvalue weighted by Gasteiger charge is -2.27. The molecule has 0 bridgehead atoms. The molecule has 0 fully saturated rings. The molecule has 0 radical (unpaired) electrons. The van der Waals surface area contributed by atoms with Gasteiger partial charge in [0.25, 0.3) is 11.8 Å². The van der Waals surface area contributed by atoms with Gasteiger partial charge in [0, 0.05) is 25.8 Å². The lowest BCUT2D eigenvalue weighted by atomic mass is 10.0. The number of rotatable bonds is 7. The van der Waals surface area contributed by atoms with Crippen LogP contribution in [-0.2, 0) is 6.54 Å². The van der Waals surface area contributed by atoms with E-state index in [2.05, 4.69) is 25.8 Å². The second-order valence-corrected chi connectivity index (χ2v) is 7.16. The van der Waals surface area contributed by atoms with Gasteiger partial charge in [-0.2, -0.15) is 0 Å². The van der Waals surface area contributed by atoms with E-state index in [0.717, 1.165) is 18.7 Å². The summed E-state index contributed by atoms with van der Waals surface area (Å²) in [6.07, 6.45) is 0.780. The predicted octanol–water partition coefficient (Wildman–Crippen LogP) is 1.30. The monoisotopic (exact) mass is 370 g/mol. The quantitative estimate of drug-likeness (QED) is 0.717. The number of benzene rings is 1. The Hall–Kier alpha value is -2.90. The summed E-state index contributed by atoms with van der Waals surface area (Å²) in [5.41, 5.74) is 1.46. The highest BCUT2D eigenvalue weighted by molar-refractivity contribution is 6.05. The maximum Gasteiger partial charge on any atom is 0.274 e. The second-order valence-electron chi connectivity index (χ2n) is 7.16. The van der Waals surface area contributed by atoms with Gasteiger partial charge in [0.05, 0.1) is 12.6 Å². The Kier molecular flexibility index (Phi) is 5.73. The van der Waals surface area contributed by atoms with Crippen LogP contribution in [0.25, 0.3) is 0 Å². The number of nitrogens with one attached hydrogen (secondary N) is 2. The average Bonchev–Trinajstić information content (AvgIpc) is 3.10. The number of anilines is 1. The third-order valence-electron chi connectivity index (χ3n) is 4.81. The number of hydrogen-bond acceptors (Lipinski definition) is 5. The van der Waals surface area contributed by atoms with Crippen molar-refractivity contribution in [2.24, 2.45) is 5.92 Å². The average molecular weight is 370 g/mol. The first-order valence-electron chi connectivity index (χ1n) is 9.26. The zero-order valence-corrected chi connectivity index (χ0v) is 16.0. The zero-order chi connectivity index (χ0) is 19.4. The Bertz CT molecular complexity index is 802. The molecule has 1 aromatic carbocycles. The largest absolute Gasteiger partial charge is 0.375 e. The topological polar surface area (TPSA) is 92.2 Å². The Morgan fingerprint density at radius 3 is 2.81 bits per heavy atom. The van der Waals surface area contributed by atoms with Gasteiger partial charge >= 0.3 is 0 Å². The predicted molar refractivity (Wildman–Crippen MR) is 103 cm³/mol. The highest BCUT2D eigenvalue weighted by atomic mass is 16.2. The van der Waals surface area contributed by atoms with Crippen molar-refractivity contribution in [3.8, 4) is 0 Å². The Morgan fingerprint density at radius 1 is 1.37 bits per heavy atom. The van der Waals surface area contributed by atoms with E-state index < -0.39 is 0 Å². The van der Waals surface area contributed by atoms with E-state index in [-0.39, 0.29) is 35.2 Å². The van der Waals surface area contributed by atoms with Gasteiger partial charge in [-0.05, 0) is 24.5 Å². The molecule has 0 saturated heterocycles. The number of carbonyl (C=O) groups excluding carboxylic acids is 2. The van der Waals surface area contributed by atoms with Crippen molar-refractivity contribution in [2.75, 3.05) is 25.0 Å². The van der Waals surface area contributed by atoms with Gasteiger partial charge in [0.2, 0.25) is 0 Å². The SMILES string of the molecule is CC(C)C1Cn2nnc(C(=O)NCCCN(C)c3ccccc3)c2C(=O)N1. The fraction of sp³-hybridized carbons (Fsp3) is 0.474. The highest BCUT2D eigenvalue weighted by Crippen LogP contribution is 2.16. The summed E-state index contributed by atoms with van der Waals surface area (Å²) in [6.45, 7) is 5.90. The Labute approximate surface area is 158 Å². The molecule has 1 atom stereocenters. The van der Waals surface area contributed by atoms with Crippen LogP contribution in [0.15, 0.2) is 30.3 Å². The molecule has 1 aliphatic rings. The lowest BCUT2D eigenvalue weighted by Crippen LogP contribution is -2.48. The minimum Gasteiger partial charge on any atom is -0.375 e. The number of fused-ring (bicyclic) bond motifs is 1. The number of carbonyl (C=O) groups is 2. The summed E-state index contributed by atoms with van der Waals surface area (Å²) >= 11 is 0. The third-order valence-corrected chi connectivity index (χ3v) is 4.81. The zero-order valence-electron chi connectivity index (χ0n) is 16.0. The lowest BCUT2D eigenvalue weighted by molar-refractivity contribution is 0.0861. The molecular weight excluding hydrogens is 344 g/mol. The molecule has 144 valence electrons. The molecule has 2 amide bonds. The van der Waals surface area contributed by atoms with Gasteiger partial charge in [0.1, 0.15) is 0 Å². The van der Waals surface area contributed by atoms with Crippen LogP contribution in [0.1, 0.15) is 41.2 Å². The number of hydrogen-bond donors (Lipinski definition) is 2. The molecule has 1 aliphatic heterocycles. The van der Waals surface area contributed by atoms with Crippen LogP contribution in [-0.4, -0.2) is 53.0 Å². The van der Waals surface area contributed by atoms with Crippen molar-refractivity contribution in [3.05, 3.63) is 41.7 Å².